The first-order valence-corrected chi connectivity index (χ1v) is 10.4. The van der Waals surface area contributed by atoms with Crippen molar-refractivity contribution in [2.45, 2.75) is 77.3 Å². The lowest BCUT2D eigenvalue weighted by molar-refractivity contribution is 0.161. The summed E-state index contributed by atoms with van der Waals surface area (Å²) in [7, 11) is 1.74. The first-order chi connectivity index (χ1) is 9.36. The van der Waals surface area contributed by atoms with E-state index >= 15 is 0 Å². The van der Waals surface area contributed by atoms with Gasteiger partial charge in [-0.2, -0.15) is 0 Å². The number of hydrogen-bond acceptors (Lipinski definition) is 2. The Morgan fingerprint density at radius 2 is 1.65 bits per heavy atom. The molecule has 4 unspecified atom stereocenters. The normalized spacial score (nSPS) is 38.1. The maximum Gasteiger partial charge on any atom is 0.344 e. The quantitative estimate of drug-likeness (QED) is 0.670. The number of rotatable bonds is 4. The van der Waals surface area contributed by atoms with E-state index in [-0.39, 0.29) is 0 Å². The summed E-state index contributed by atoms with van der Waals surface area (Å²) in [6, 6.07) is 0. The molecular weight excluding hydrogens is 264 g/mol. The molecule has 0 aromatic rings. The van der Waals surface area contributed by atoms with Crippen LogP contribution in [0.3, 0.4) is 0 Å². The van der Waals surface area contributed by atoms with Crippen LogP contribution in [0, 0.1) is 17.3 Å². The Kier molecular flexibility index (Phi) is 5.03. The van der Waals surface area contributed by atoms with E-state index in [1.807, 2.05) is 14.2 Å². The van der Waals surface area contributed by atoms with Crippen LogP contribution in [-0.4, -0.2) is 22.8 Å². The molecule has 2 fully saturated rings. The summed E-state index contributed by atoms with van der Waals surface area (Å²) >= 11 is 0. The predicted molar refractivity (Wildman–Crippen MR) is 87.1 cm³/mol. The van der Waals surface area contributed by atoms with E-state index in [9.17, 15) is 0 Å². The molecule has 4 atom stereocenters. The molecule has 20 heavy (non-hydrogen) atoms. The lowest BCUT2D eigenvalue weighted by Crippen LogP contribution is -2.52. The smallest absolute Gasteiger partial charge is 0.344 e. The Labute approximate surface area is 126 Å². The van der Waals surface area contributed by atoms with E-state index in [4.69, 9.17) is 8.85 Å². The van der Waals surface area contributed by atoms with Gasteiger partial charge < -0.3 is 8.85 Å². The molecule has 0 bridgehead atoms. The molecule has 2 nitrogen and oxygen atoms in total. The summed E-state index contributed by atoms with van der Waals surface area (Å²) in [5.74, 6) is 1.58. The van der Waals surface area contributed by atoms with Crippen molar-refractivity contribution in [1.82, 2.24) is 0 Å². The third kappa shape index (κ3) is 2.86. The fraction of sp³-hybridized carbons (Fsp3) is 1.00. The van der Waals surface area contributed by atoms with Gasteiger partial charge in [-0.1, -0.05) is 40.5 Å². The van der Waals surface area contributed by atoms with Crippen LogP contribution in [-0.2, 0) is 8.85 Å². The van der Waals surface area contributed by atoms with Gasteiger partial charge in [0.2, 0.25) is 0 Å². The van der Waals surface area contributed by atoms with Crippen LogP contribution in [0.4, 0.5) is 0 Å². The van der Waals surface area contributed by atoms with Gasteiger partial charge in [-0.05, 0) is 42.9 Å². The third-order valence-corrected chi connectivity index (χ3v) is 11.1. The molecule has 2 aliphatic rings. The second kappa shape index (κ2) is 6.10. The van der Waals surface area contributed by atoms with Gasteiger partial charge in [0.05, 0.1) is 0 Å². The van der Waals surface area contributed by atoms with Crippen molar-refractivity contribution in [3.05, 3.63) is 0 Å². The molecule has 3 heteroatoms. The van der Waals surface area contributed by atoms with Crippen LogP contribution < -0.4 is 0 Å². The van der Waals surface area contributed by atoms with E-state index in [1.54, 1.807) is 0 Å². The summed E-state index contributed by atoms with van der Waals surface area (Å²) in [6.07, 6.45) is 7.97. The zero-order chi connectivity index (χ0) is 15.0. The van der Waals surface area contributed by atoms with Gasteiger partial charge in [-0.3, -0.25) is 0 Å². The maximum absolute atomic E-state index is 6.24. The minimum absolute atomic E-state index is 0.464. The Morgan fingerprint density at radius 3 is 2.10 bits per heavy atom. The van der Waals surface area contributed by atoms with Gasteiger partial charge in [0, 0.05) is 25.3 Å². The fourth-order valence-corrected chi connectivity index (χ4v) is 10.1. The van der Waals surface area contributed by atoms with Crippen LogP contribution in [0.5, 0.6) is 0 Å². The summed E-state index contributed by atoms with van der Waals surface area (Å²) in [5.41, 5.74) is 1.83. The van der Waals surface area contributed by atoms with Gasteiger partial charge in [0.15, 0.2) is 0 Å². The van der Waals surface area contributed by atoms with E-state index in [0.717, 1.165) is 11.8 Å². The molecule has 0 amide bonds. The van der Waals surface area contributed by atoms with Crippen LogP contribution in [0.15, 0.2) is 0 Å². The lowest BCUT2D eigenvalue weighted by atomic mass is 9.77. The molecule has 0 saturated heterocycles. The molecular formula is C17H34O2Si. The predicted octanol–water partition coefficient (Wildman–Crippen LogP) is 5.13. The highest BCUT2D eigenvalue weighted by Crippen LogP contribution is 2.56. The zero-order valence-corrected chi connectivity index (χ0v) is 15.4. The Balaban J connectivity index is 2.25. The average Bonchev–Trinajstić information content (AvgIpc) is 2.73. The Hall–Kier alpha value is 0.137. The number of hydrogen-bond donors (Lipinski definition) is 0. The van der Waals surface area contributed by atoms with Gasteiger partial charge in [0.1, 0.15) is 0 Å². The largest absolute Gasteiger partial charge is 0.397 e. The maximum atomic E-state index is 6.24. The molecule has 0 aromatic carbocycles. The first kappa shape index (κ1) is 16.5. The van der Waals surface area contributed by atoms with Crippen LogP contribution in [0.25, 0.3) is 0 Å². The Bertz CT molecular complexity index is 325. The minimum Gasteiger partial charge on any atom is -0.397 e. The molecule has 2 saturated carbocycles. The van der Waals surface area contributed by atoms with Crippen molar-refractivity contribution in [3.63, 3.8) is 0 Å². The molecule has 0 N–H and O–H groups in total. The second-order valence-corrected chi connectivity index (χ2v) is 11.9. The lowest BCUT2D eigenvalue weighted by Gasteiger charge is -2.46. The molecule has 0 spiro atoms. The van der Waals surface area contributed by atoms with E-state index in [2.05, 4.69) is 27.7 Å². The van der Waals surface area contributed by atoms with Crippen molar-refractivity contribution >= 4 is 8.56 Å². The summed E-state index contributed by atoms with van der Waals surface area (Å²) in [4.78, 5) is 0. The van der Waals surface area contributed by atoms with Gasteiger partial charge >= 0.3 is 8.56 Å². The topological polar surface area (TPSA) is 18.5 Å². The highest BCUT2D eigenvalue weighted by molar-refractivity contribution is 6.70. The molecule has 118 valence electrons. The summed E-state index contributed by atoms with van der Waals surface area (Å²) in [5, 5.41) is 0. The molecule has 0 heterocycles. The van der Waals surface area contributed by atoms with E-state index in [1.165, 1.54) is 38.5 Å². The zero-order valence-electron chi connectivity index (χ0n) is 14.4. The van der Waals surface area contributed by atoms with E-state index in [0.29, 0.717) is 16.5 Å². The highest BCUT2D eigenvalue weighted by Gasteiger charge is 2.56. The van der Waals surface area contributed by atoms with Gasteiger partial charge in [-0.25, -0.2) is 0 Å². The highest BCUT2D eigenvalue weighted by atomic mass is 28.4. The molecule has 0 aliphatic heterocycles. The van der Waals surface area contributed by atoms with Crippen molar-refractivity contribution in [2.24, 2.45) is 17.3 Å². The Morgan fingerprint density at radius 1 is 1.00 bits per heavy atom. The van der Waals surface area contributed by atoms with Crippen LogP contribution in [0.2, 0.25) is 11.1 Å². The van der Waals surface area contributed by atoms with Gasteiger partial charge in [0.25, 0.3) is 0 Å². The fourth-order valence-electron chi connectivity index (χ4n) is 5.00. The SMILES string of the molecule is CO[Si](OC)(C1CCCC(C)(C)C1)C1CCC(C)C1C. The van der Waals surface area contributed by atoms with Crippen molar-refractivity contribution in [2.75, 3.05) is 14.2 Å². The molecule has 2 rings (SSSR count). The van der Waals surface area contributed by atoms with Crippen LogP contribution >= 0.6 is 0 Å². The van der Waals surface area contributed by atoms with Crippen molar-refractivity contribution in [3.8, 4) is 0 Å². The van der Waals surface area contributed by atoms with Crippen molar-refractivity contribution in [1.29, 1.82) is 0 Å². The standard InChI is InChI=1S/C17H34O2Si/c1-13-9-10-16(14(13)2)20(18-5,19-6)15-8-7-11-17(3,4)12-15/h13-16H,7-12H2,1-6H3. The minimum atomic E-state index is -2.10. The monoisotopic (exact) mass is 298 g/mol. The van der Waals surface area contributed by atoms with Crippen molar-refractivity contribution < 1.29 is 8.85 Å². The molecule has 2 aliphatic carbocycles. The molecule has 0 aromatic heterocycles. The molecule has 0 radical (unpaired) electrons. The summed E-state index contributed by atoms with van der Waals surface area (Å²) in [6.45, 7) is 9.67. The average molecular weight is 299 g/mol. The van der Waals surface area contributed by atoms with Crippen LogP contribution in [0.1, 0.15) is 66.2 Å². The second-order valence-electron chi connectivity index (χ2n) is 8.11. The first-order valence-electron chi connectivity index (χ1n) is 8.46. The third-order valence-electron chi connectivity index (χ3n) is 6.39. The van der Waals surface area contributed by atoms with Gasteiger partial charge in [-0.15, -0.1) is 0 Å². The summed E-state index contributed by atoms with van der Waals surface area (Å²) < 4.78 is 12.5. The van der Waals surface area contributed by atoms with E-state index < -0.39 is 8.56 Å².